The van der Waals surface area contributed by atoms with Crippen molar-refractivity contribution in [3.05, 3.63) is 29.1 Å². The van der Waals surface area contributed by atoms with E-state index in [1.54, 1.807) is 11.8 Å². The summed E-state index contributed by atoms with van der Waals surface area (Å²) in [5.74, 6) is 2.23. The lowest BCUT2D eigenvalue weighted by atomic mass is 10.0. The summed E-state index contributed by atoms with van der Waals surface area (Å²) in [6.45, 7) is 4.42. The molecule has 0 aliphatic heterocycles. The summed E-state index contributed by atoms with van der Waals surface area (Å²) in [5, 5.41) is 4.27. The zero-order valence-corrected chi connectivity index (χ0v) is 11.2. The van der Waals surface area contributed by atoms with Gasteiger partial charge in [0.05, 0.1) is 19.2 Å². The smallest absolute Gasteiger partial charge is 0.164 e. The number of methoxy groups -OCH3 is 1. The second kappa shape index (κ2) is 4.78. The fraction of sp³-hybridized carbons (Fsp3) is 0.385. The molecule has 0 aliphatic carbocycles. The molecule has 2 aromatic rings. The van der Waals surface area contributed by atoms with Gasteiger partial charge in [-0.25, -0.2) is 9.67 Å². The van der Waals surface area contributed by atoms with Crippen LogP contribution in [0, 0.1) is 13.8 Å². The Morgan fingerprint density at radius 1 is 1.33 bits per heavy atom. The number of hydrogen-bond acceptors (Lipinski definition) is 4. The second-order valence-corrected chi connectivity index (χ2v) is 4.34. The van der Waals surface area contributed by atoms with Crippen molar-refractivity contribution in [2.45, 2.75) is 20.4 Å². The summed E-state index contributed by atoms with van der Waals surface area (Å²) in [6.07, 6.45) is 0. The van der Waals surface area contributed by atoms with Crippen LogP contribution in [0.2, 0.25) is 0 Å². The van der Waals surface area contributed by atoms with Crippen LogP contribution in [0.1, 0.15) is 17.0 Å². The van der Waals surface area contributed by atoms with Crippen molar-refractivity contribution in [1.82, 2.24) is 14.8 Å². The number of benzene rings is 1. The molecule has 0 radical (unpaired) electrons. The van der Waals surface area contributed by atoms with Gasteiger partial charge in [0.15, 0.2) is 11.6 Å². The Kier molecular flexibility index (Phi) is 3.34. The zero-order chi connectivity index (χ0) is 13.3. The molecule has 0 amide bonds. The van der Waals surface area contributed by atoms with Crippen molar-refractivity contribution in [2.24, 2.45) is 12.8 Å². The van der Waals surface area contributed by atoms with Gasteiger partial charge in [-0.15, -0.1) is 0 Å². The summed E-state index contributed by atoms with van der Waals surface area (Å²) in [4.78, 5) is 4.44. The Balaban J connectivity index is 2.65. The second-order valence-electron chi connectivity index (χ2n) is 4.34. The summed E-state index contributed by atoms with van der Waals surface area (Å²) in [7, 11) is 3.53. The molecule has 1 aromatic heterocycles. The zero-order valence-electron chi connectivity index (χ0n) is 11.2. The average molecular weight is 246 g/mol. The number of nitrogens with zero attached hydrogens (tertiary/aromatic N) is 3. The predicted molar refractivity (Wildman–Crippen MR) is 70.4 cm³/mol. The third-order valence-corrected chi connectivity index (χ3v) is 2.88. The highest BCUT2D eigenvalue weighted by molar-refractivity contribution is 5.69. The first-order chi connectivity index (χ1) is 8.56. The van der Waals surface area contributed by atoms with Gasteiger partial charge >= 0.3 is 0 Å². The lowest BCUT2D eigenvalue weighted by Gasteiger charge is -2.12. The topological polar surface area (TPSA) is 66.0 Å². The standard InChI is InChI=1S/C13H18N4O/c1-8-5-9(2)12(10(6-8)18-4)13-15-11(7-14)16-17(13)3/h5-6H,7,14H2,1-4H3. The van der Waals surface area contributed by atoms with Gasteiger partial charge in [-0.2, -0.15) is 5.10 Å². The lowest BCUT2D eigenvalue weighted by Crippen LogP contribution is -2.00. The van der Waals surface area contributed by atoms with E-state index in [0.717, 1.165) is 28.3 Å². The van der Waals surface area contributed by atoms with Crippen LogP contribution in [-0.4, -0.2) is 21.9 Å². The molecule has 1 aromatic carbocycles. The highest BCUT2D eigenvalue weighted by Crippen LogP contribution is 2.32. The van der Waals surface area contributed by atoms with Gasteiger partial charge in [0, 0.05) is 7.05 Å². The first-order valence-electron chi connectivity index (χ1n) is 5.82. The van der Waals surface area contributed by atoms with E-state index in [1.165, 1.54) is 0 Å². The molecule has 96 valence electrons. The minimum atomic E-state index is 0.334. The van der Waals surface area contributed by atoms with E-state index in [2.05, 4.69) is 16.1 Å². The normalized spacial score (nSPS) is 10.7. The largest absolute Gasteiger partial charge is 0.496 e. The molecule has 0 bridgehead atoms. The molecule has 0 spiro atoms. The summed E-state index contributed by atoms with van der Waals surface area (Å²) in [6, 6.07) is 4.10. The fourth-order valence-electron chi connectivity index (χ4n) is 2.12. The summed E-state index contributed by atoms with van der Waals surface area (Å²) < 4.78 is 7.19. The molecular formula is C13H18N4O. The van der Waals surface area contributed by atoms with Crippen molar-refractivity contribution in [3.8, 4) is 17.1 Å². The third kappa shape index (κ3) is 2.09. The Labute approximate surface area is 107 Å². The molecule has 5 nitrogen and oxygen atoms in total. The van der Waals surface area contributed by atoms with Crippen LogP contribution in [0.25, 0.3) is 11.4 Å². The fourth-order valence-corrected chi connectivity index (χ4v) is 2.12. The lowest BCUT2D eigenvalue weighted by molar-refractivity contribution is 0.415. The number of rotatable bonds is 3. The van der Waals surface area contributed by atoms with E-state index >= 15 is 0 Å². The maximum absolute atomic E-state index is 5.57. The van der Waals surface area contributed by atoms with Crippen LogP contribution < -0.4 is 10.5 Å². The van der Waals surface area contributed by atoms with Crippen LogP contribution in [0.5, 0.6) is 5.75 Å². The van der Waals surface area contributed by atoms with E-state index in [9.17, 15) is 0 Å². The molecule has 2 N–H and O–H groups in total. The molecule has 0 saturated carbocycles. The number of ether oxygens (including phenoxy) is 1. The van der Waals surface area contributed by atoms with Crippen LogP contribution >= 0.6 is 0 Å². The van der Waals surface area contributed by atoms with E-state index < -0.39 is 0 Å². The molecule has 18 heavy (non-hydrogen) atoms. The number of aryl methyl sites for hydroxylation is 3. The van der Waals surface area contributed by atoms with E-state index in [1.807, 2.05) is 27.0 Å². The molecule has 5 heteroatoms. The van der Waals surface area contributed by atoms with Gasteiger partial charge in [-0.1, -0.05) is 6.07 Å². The first kappa shape index (κ1) is 12.6. The van der Waals surface area contributed by atoms with Gasteiger partial charge in [-0.3, -0.25) is 0 Å². The minimum absolute atomic E-state index is 0.334. The van der Waals surface area contributed by atoms with Gasteiger partial charge in [0.2, 0.25) is 0 Å². The SMILES string of the molecule is COc1cc(C)cc(C)c1-c1nc(CN)nn1C. The highest BCUT2D eigenvalue weighted by Gasteiger charge is 2.16. The van der Waals surface area contributed by atoms with Crippen LogP contribution in [0.4, 0.5) is 0 Å². The maximum Gasteiger partial charge on any atom is 0.164 e. The number of hydrogen-bond donors (Lipinski definition) is 1. The Morgan fingerprint density at radius 3 is 2.61 bits per heavy atom. The van der Waals surface area contributed by atoms with Gasteiger partial charge in [-0.05, 0) is 31.0 Å². The Hall–Kier alpha value is -1.88. The predicted octanol–water partition coefficient (Wildman–Crippen LogP) is 1.57. The minimum Gasteiger partial charge on any atom is -0.496 e. The quantitative estimate of drug-likeness (QED) is 0.892. The molecule has 0 unspecified atom stereocenters. The molecule has 0 aliphatic rings. The van der Waals surface area contributed by atoms with Gasteiger partial charge in [0.1, 0.15) is 5.75 Å². The van der Waals surface area contributed by atoms with E-state index in [4.69, 9.17) is 10.5 Å². The Morgan fingerprint density at radius 2 is 2.06 bits per heavy atom. The van der Waals surface area contributed by atoms with Gasteiger partial charge in [0.25, 0.3) is 0 Å². The first-order valence-corrected chi connectivity index (χ1v) is 5.82. The molecule has 2 rings (SSSR count). The molecular weight excluding hydrogens is 228 g/mol. The summed E-state index contributed by atoms with van der Waals surface area (Å²) >= 11 is 0. The molecule has 0 saturated heterocycles. The molecule has 0 fully saturated rings. The van der Waals surface area contributed by atoms with Crippen molar-refractivity contribution < 1.29 is 4.74 Å². The highest BCUT2D eigenvalue weighted by atomic mass is 16.5. The van der Waals surface area contributed by atoms with E-state index in [-0.39, 0.29) is 0 Å². The number of nitrogens with two attached hydrogens (primary N) is 1. The van der Waals surface area contributed by atoms with Crippen LogP contribution in [-0.2, 0) is 13.6 Å². The molecule has 0 atom stereocenters. The number of aromatic nitrogens is 3. The van der Waals surface area contributed by atoms with E-state index in [0.29, 0.717) is 12.4 Å². The average Bonchev–Trinajstić information content (AvgIpc) is 2.69. The van der Waals surface area contributed by atoms with Crippen LogP contribution in [0.15, 0.2) is 12.1 Å². The van der Waals surface area contributed by atoms with Gasteiger partial charge < -0.3 is 10.5 Å². The monoisotopic (exact) mass is 246 g/mol. The summed E-state index contributed by atoms with van der Waals surface area (Å²) in [5.41, 5.74) is 8.82. The third-order valence-electron chi connectivity index (χ3n) is 2.88. The van der Waals surface area contributed by atoms with Crippen molar-refractivity contribution in [3.63, 3.8) is 0 Å². The Bertz CT molecular complexity index is 575. The van der Waals surface area contributed by atoms with Crippen molar-refractivity contribution in [1.29, 1.82) is 0 Å². The van der Waals surface area contributed by atoms with Crippen molar-refractivity contribution >= 4 is 0 Å². The maximum atomic E-state index is 5.57. The van der Waals surface area contributed by atoms with Crippen LogP contribution in [0.3, 0.4) is 0 Å². The van der Waals surface area contributed by atoms with Crippen molar-refractivity contribution in [2.75, 3.05) is 7.11 Å². The molecule has 1 heterocycles.